The second-order valence-electron chi connectivity index (χ2n) is 4.67. The van der Waals surface area contributed by atoms with Crippen LogP contribution in [0, 0.1) is 6.92 Å². The maximum Gasteiger partial charge on any atom is 0.407 e. The Labute approximate surface area is 96.8 Å². The molecule has 1 amide bonds. The predicted molar refractivity (Wildman–Crippen MR) is 64.0 cm³/mol. The molecule has 3 nitrogen and oxygen atoms in total. The Bertz CT molecular complexity index is 349. The van der Waals surface area contributed by atoms with E-state index in [1.165, 1.54) is 0 Å². The molecule has 0 aliphatic heterocycles. The van der Waals surface area contributed by atoms with Gasteiger partial charge in [-0.05, 0) is 38.8 Å². The zero-order valence-electron chi connectivity index (χ0n) is 10.0. The van der Waals surface area contributed by atoms with Crippen LogP contribution in [0.15, 0.2) is 24.3 Å². The third kappa shape index (κ3) is 4.82. The van der Waals surface area contributed by atoms with Crippen molar-refractivity contribution >= 4 is 6.09 Å². The first kappa shape index (κ1) is 12.6. The van der Waals surface area contributed by atoms with Gasteiger partial charge in [-0.2, -0.15) is 0 Å². The molecule has 1 rings (SSSR count). The number of carbonyl (C=O) groups excluding carboxylic acids is 1. The SMILES string of the molecule is [CH2]c1ccc(CNC(=O)OC(C)(C)C)cc1. The van der Waals surface area contributed by atoms with Gasteiger partial charge >= 0.3 is 6.09 Å². The van der Waals surface area contributed by atoms with Crippen LogP contribution in [0.5, 0.6) is 0 Å². The summed E-state index contributed by atoms with van der Waals surface area (Å²) in [5.74, 6) is 0. The predicted octanol–water partition coefficient (Wildman–Crippen LogP) is 2.89. The van der Waals surface area contributed by atoms with E-state index in [0.29, 0.717) is 6.54 Å². The number of amides is 1. The molecular weight excluding hydrogens is 202 g/mol. The molecule has 0 aliphatic rings. The lowest BCUT2D eigenvalue weighted by atomic mass is 10.1. The van der Waals surface area contributed by atoms with Crippen molar-refractivity contribution in [1.29, 1.82) is 0 Å². The van der Waals surface area contributed by atoms with E-state index in [4.69, 9.17) is 4.74 Å². The summed E-state index contributed by atoms with van der Waals surface area (Å²) in [6.07, 6.45) is -0.397. The van der Waals surface area contributed by atoms with Crippen LogP contribution in [0.3, 0.4) is 0 Å². The Balaban J connectivity index is 2.40. The van der Waals surface area contributed by atoms with Gasteiger partial charge in [-0.25, -0.2) is 4.79 Å². The highest BCUT2D eigenvalue weighted by Gasteiger charge is 2.15. The summed E-state index contributed by atoms with van der Waals surface area (Å²) in [4.78, 5) is 11.4. The van der Waals surface area contributed by atoms with Crippen molar-refractivity contribution in [3.05, 3.63) is 42.3 Å². The van der Waals surface area contributed by atoms with Crippen molar-refractivity contribution < 1.29 is 9.53 Å². The lowest BCUT2D eigenvalue weighted by Crippen LogP contribution is -2.32. The van der Waals surface area contributed by atoms with E-state index in [1.54, 1.807) is 0 Å². The van der Waals surface area contributed by atoms with Crippen molar-refractivity contribution in [1.82, 2.24) is 5.32 Å². The van der Waals surface area contributed by atoms with Crippen molar-refractivity contribution in [2.75, 3.05) is 0 Å². The number of carbonyl (C=O) groups is 1. The minimum atomic E-state index is -0.457. The zero-order chi connectivity index (χ0) is 12.2. The lowest BCUT2D eigenvalue weighted by molar-refractivity contribution is 0.0523. The van der Waals surface area contributed by atoms with Crippen LogP contribution < -0.4 is 5.32 Å². The molecule has 0 bridgehead atoms. The monoisotopic (exact) mass is 220 g/mol. The average molecular weight is 220 g/mol. The number of rotatable bonds is 2. The first-order valence-electron chi connectivity index (χ1n) is 5.24. The summed E-state index contributed by atoms with van der Waals surface area (Å²) in [5.41, 5.74) is 1.53. The number of hydrogen-bond acceptors (Lipinski definition) is 2. The van der Waals surface area contributed by atoms with Crippen LogP contribution in [-0.4, -0.2) is 11.7 Å². The van der Waals surface area contributed by atoms with Crippen LogP contribution in [0.25, 0.3) is 0 Å². The molecule has 3 heteroatoms. The Hall–Kier alpha value is -1.51. The highest BCUT2D eigenvalue weighted by atomic mass is 16.6. The van der Waals surface area contributed by atoms with Gasteiger partial charge in [0.2, 0.25) is 0 Å². The van der Waals surface area contributed by atoms with E-state index in [2.05, 4.69) is 12.2 Å². The van der Waals surface area contributed by atoms with Gasteiger partial charge in [0.15, 0.2) is 0 Å². The van der Waals surface area contributed by atoms with Crippen LogP contribution in [-0.2, 0) is 11.3 Å². The minimum Gasteiger partial charge on any atom is -0.444 e. The summed E-state index contributed by atoms with van der Waals surface area (Å²) >= 11 is 0. The number of benzene rings is 1. The highest BCUT2D eigenvalue weighted by Crippen LogP contribution is 2.07. The van der Waals surface area contributed by atoms with Crippen LogP contribution in [0.4, 0.5) is 4.79 Å². The fourth-order valence-corrected chi connectivity index (χ4v) is 1.15. The van der Waals surface area contributed by atoms with Gasteiger partial charge in [-0.15, -0.1) is 0 Å². The van der Waals surface area contributed by atoms with Gasteiger partial charge in [-0.1, -0.05) is 24.3 Å². The second-order valence-corrected chi connectivity index (χ2v) is 4.67. The van der Waals surface area contributed by atoms with Gasteiger partial charge in [0.25, 0.3) is 0 Å². The molecule has 0 spiro atoms. The van der Waals surface area contributed by atoms with Crippen LogP contribution in [0.1, 0.15) is 31.9 Å². The number of hydrogen-bond donors (Lipinski definition) is 1. The molecule has 0 unspecified atom stereocenters. The first-order chi connectivity index (χ1) is 7.37. The second kappa shape index (κ2) is 5.01. The summed E-state index contributed by atoms with van der Waals surface area (Å²) in [6.45, 7) is 9.77. The van der Waals surface area contributed by atoms with Crippen molar-refractivity contribution in [2.45, 2.75) is 32.9 Å². The maximum absolute atomic E-state index is 11.4. The summed E-state index contributed by atoms with van der Waals surface area (Å²) in [7, 11) is 0. The van der Waals surface area contributed by atoms with E-state index in [1.807, 2.05) is 45.0 Å². The third-order valence-corrected chi connectivity index (χ3v) is 1.86. The molecule has 87 valence electrons. The molecule has 0 aromatic heterocycles. The maximum atomic E-state index is 11.4. The van der Waals surface area contributed by atoms with Crippen LogP contribution >= 0.6 is 0 Å². The smallest absolute Gasteiger partial charge is 0.407 e. The molecule has 1 aromatic carbocycles. The van der Waals surface area contributed by atoms with E-state index in [-0.39, 0.29) is 0 Å². The topological polar surface area (TPSA) is 38.3 Å². The molecule has 16 heavy (non-hydrogen) atoms. The van der Waals surface area contributed by atoms with Crippen molar-refractivity contribution in [2.24, 2.45) is 0 Å². The average Bonchev–Trinajstić information content (AvgIpc) is 2.14. The molecule has 0 heterocycles. The Morgan fingerprint density at radius 2 is 1.88 bits per heavy atom. The molecular formula is C13H18NO2. The van der Waals surface area contributed by atoms with Gasteiger partial charge in [0.1, 0.15) is 5.60 Å². The Morgan fingerprint density at radius 1 is 1.31 bits per heavy atom. The van der Waals surface area contributed by atoms with Crippen molar-refractivity contribution in [3.8, 4) is 0 Å². The molecule has 1 aromatic rings. The normalized spacial score (nSPS) is 11.0. The van der Waals surface area contributed by atoms with Gasteiger partial charge in [0.05, 0.1) is 0 Å². The molecule has 1 radical (unpaired) electrons. The fraction of sp³-hybridized carbons (Fsp3) is 0.385. The Kier molecular flexibility index (Phi) is 3.93. The largest absolute Gasteiger partial charge is 0.444 e. The van der Waals surface area contributed by atoms with Crippen molar-refractivity contribution in [3.63, 3.8) is 0 Å². The molecule has 0 saturated carbocycles. The third-order valence-electron chi connectivity index (χ3n) is 1.86. The highest BCUT2D eigenvalue weighted by molar-refractivity contribution is 5.67. The summed E-state index contributed by atoms with van der Waals surface area (Å²) in [5, 5.41) is 2.69. The minimum absolute atomic E-state index is 0.397. The van der Waals surface area contributed by atoms with Crippen LogP contribution in [0.2, 0.25) is 0 Å². The summed E-state index contributed by atoms with van der Waals surface area (Å²) < 4.78 is 5.12. The van der Waals surface area contributed by atoms with E-state index in [0.717, 1.165) is 11.1 Å². The molecule has 0 saturated heterocycles. The number of ether oxygens (including phenoxy) is 1. The molecule has 1 N–H and O–H groups in total. The molecule has 0 atom stereocenters. The quantitative estimate of drug-likeness (QED) is 0.832. The zero-order valence-corrected chi connectivity index (χ0v) is 10.0. The van der Waals surface area contributed by atoms with E-state index in [9.17, 15) is 4.79 Å². The fourth-order valence-electron chi connectivity index (χ4n) is 1.15. The first-order valence-corrected chi connectivity index (χ1v) is 5.24. The molecule has 0 fully saturated rings. The van der Waals surface area contributed by atoms with Gasteiger partial charge < -0.3 is 10.1 Å². The number of nitrogens with one attached hydrogen (secondary N) is 1. The van der Waals surface area contributed by atoms with Gasteiger partial charge in [0, 0.05) is 6.54 Å². The Morgan fingerprint density at radius 3 is 2.38 bits per heavy atom. The molecule has 0 aliphatic carbocycles. The lowest BCUT2D eigenvalue weighted by Gasteiger charge is -2.19. The van der Waals surface area contributed by atoms with E-state index >= 15 is 0 Å². The number of alkyl carbamates (subject to hydrolysis) is 1. The summed E-state index contributed by atoms with van der Waals surface area (Å²) in [6, 6.07) is 7.68. The van der Waals surface area contributed by atoms with E-state index < -0.39 is 11.7 Å². The van der Waals surface area contributed by atoms with Gasteiger partial charge in [-0.3, -0.25) is 0 Å². The standard InChI is InChI=1S/C13H18NO2/c1-10-5-7-11(8-6-10)9-14-12(15)16-13(2,3)4/h5-8H,1,9H2,2-4H3,(H,14,15).